The van der Waals surface area contributed by atoms with Gasteiger partial charge in [-0.1, -0.05) is 6.92 Å². The van der Waals surface area contributed by atoms with Crippen LogP contribution in [0.4, 0.5) is 0 Å². The van der Waals surface area contributed by atoms with Gasteiger partial charge in [-0.3, -0.25) is 4.79 Å². The minimum atomic E-state index is -1.48. The maximum absolute atomic E-state index is 11.8. The summed E-state index contributed by atoms with van der Waals surface area (Å²) in [5.41, 5.74) is -2.71. The molecule has 0 saturated heterocycles. The van der Waals surface area contributed by atoms with E-state index in [1.165, 1.54) is 6.92 Å². The Morgan fingerprint density at radius 2 is 1.75 bits per heavy atom. The predicted octanol–water partition coefficient (Wildman–Crippen LogP) is -1.24. The second-order valence-electron chi connectivity index (χ2n) is 4.01. The molecule has 0 rings (SSSR count). The molecule has 0 aliphatic rings. The summed E-state index contributed by atoms with van der Waals surface area (Å²) in [6, 6.07) is 1.87. The SMILES string of the molecule is CCC(C)(C#N)C(=O)NC(CO)(CO)CO. The lowest BCUT2D eigenvalue weighted by Gasteiger charge is -2.31. The quantitative estimate of drug-likeness (QED) is 0.455. The van der Waals surface area contributed by atoms with Crippen LogP contribution in [0.15, 0.2) is 0 Å². The second kappa shape index (κ2) is 5.80. The molecule has 6 heteroatoms. The molecule has 0 aliphatic heterocycles. The molecule has 6 nitrogen and oxygen atoms in total. The van der Waals surface area contributed by atoms with Crippen molar-refractivity contribution in [2.24, 2.45) is 5.41 Å². The number of aliphatic hydroxyl groups excluding tert-OH is 3. The van der Waals surface area contributed by atoms with E-state index in [2.05, 4.69) is 5.32 Å². The lowest BCUT2D eigenvalue weighted by molar-refractivity contribution is -0.132. The van der Waals surface area contributed by atoms with Crippen molar-refractivity contribution in [3.8, 4) is 6.07 Å². The van der Waals surface area contributed by atoms with Crippen LogP contribution in [0.25, 0.3) is 0 Å². The smallest absolute Gasteiger partial charge is 0.240 e. The first-order chi connectivity index (χ1) is 7.43. The van der Waals surface area contributed by atoms with Crippen molar-refractivity contribution in [2.45, 2.75) is 25.8 Å². The average Bonchev–Trinajstić information content (AvgIpc) is 2.34. The van der Waals surface area contributed by atoms with Crippen LogP contribution in [0.3, 0.4) is 0 Å². The van der Waals surface area contributed by atoms with E-state index in [9.17, 15) is 4.79 Å². The highest BCUT2D eigenvalue weighted by molar-refractivity contribution is 5.85. The summed E-state index contributed by atoms with van der Waals surface area (Å²) in [5.74, 6) is -0.616. The molecule has 0 aliphatic carbocycles. The first-order valence-corrected chi connectivity index (χ1v) is 5.00. The summed E-state index contributed by atoms with van der Waals surface area (Å²) in [6.45, 7) is 1.34. The van der Waals surface area contributed by atoms with Crippen LogP contribution in [0, 0.1) is 16.7 Å². The van der Waals surface area contributed by atoms with E-state index in [1.54, 1.807) is 6.92 Å². The molecule has 0 bridgehead atoms. The fourth-order valence-electron chi connectivity index (χ4n) is 0.938. The molecular weight excluding hydrogens is 212 g/mol. The van der Waals surface area contributed by atoms with Crippen molar-refractivity contribution in [1.29, 1.82) is 5.26 Å². The number of hydrogen-bond acceptors (Lipinski definition) is 5. The Labute approximate surface area is 94.5 Å². The monoisotopic (exact) mass is 230 g/mol. The number of nitrogens with one attached hydrogen (secondary N) is 1. The van der Waals surface area contributed by atoms with E-state index in [0.717, 1.165) is 0 Å². The number of aliphatic hydroxyl groups is 3. The molecule has 0 aromatic carbocycles. The minimum Gasteiger partial charge on any atom is -0.394 e. The summed E-state index contributed by atoms with van der Waals surface area (Å²) in [4.78, 5) is 11.8. The standard InChI is InChI=1S/C10H18N2O4/c1-3-9(2,4-11)8(16)12-10(5-13,6-14)7-15/h13-15H,3,5-7H2,1-2H3,(H,12,16). The minimum absolute atomic E-state index is 0.299. The van der Waals surface area contributed by atoms with Crippen LogP contribution in [-0.4, -0.2) is 46.6 Å². The van der Waals surface area contributed by atoms with Gasteiger partial charge in [0.05, 0.1) is 25.9 Å². The van der Waals surface area contributed by atoms with Gasteiger partial charge in [-0.2, -0.15) is 5.26 Å². The zero-order valence-electron chi connectivity index (χ0n) is 9.53. The Kier molecular flexibility index (Phi) is 5.38. The molecule has 1 unspecified atom stereocenters. The van der Waals surface area contributed by atoms with Crippen molar-refractivity contribution in [3.05, 3.63) is 0 Å². The van der Waals surface area contributed by atoms with E-state index < -0.39 is 36.7 Å². The van der Waals surface area contributed by atoms with Gasteiger partial charge in [0.2, 0.25) is 5.91 Å². The van der Waals surface area contributed by atoms with Crippen molar-refractivity contribution >= 4 is 5.91 Å². The molecule has 92 valence electrons. The maximum Gasteiger partial charge on any atom is 0.240 e. The highest BCUT2D eigenvalue weighted by atomic mass is 16.3. The molecule has 0 spiro atoms. The molecule has 4 N–H and O–H groups in total. The van der Waals surface area contributed by atoms with E-state index in [4.69, 9.17) is 20.6 Å². The number of rotatable bonds is 6. The Morgan fingerprint density at radius 1 is 1.31 bits per heavy atom. The molecule has 0 aromatic rings. The van der Waals surface area contributed by atoms with Gasteiger partial charge in [0, 0.05) is 0 Å². The summed E-state index contributed by atoms with van der Waals surface area (Å²) in [7, 11) is 0. The number of amides is 1. The molecule has 0 radical (unpaired) electrons. The van der Waals surface area contributed by atoms with Gasteiger partial charge in [0.1, 0.15) is 11.0 Å². The average molecular weight is 230 g/mol. The van der Waals surface area contributed by atoms with Gasteiger partial charge in [-0.15, -0.1) is 0 Å². The van der Waals surface area contributed by atoms with Crippen molar-refractivity contribution < 1.29 is 20.1 Å². The number of carbonyl (C=O) groups excluding carboxylic acids is 1. The fourth-order valence-corrected chi connectivity index (χ4v) is 0.938. The van der Waals surface area contributed by atoms with Crippen LogP contribution in [0.1, 0.15) is 20.3 Å². The van der Waals surface area contributed by atoms with Crippen molar-refractivity contribution in [2.75, 3.05) is 19.8 Å². The second-order valence-corrected chi connectivity index (χ2v) is 4.01. The highest BCUT2D eigenvalue weighted by Crippen LogP contribution is 2.21. The summed E-state index contributed by atoms with van der Waals surface area (Å²) in [5, 5.41) is 38.2. The molecule has 0 fully saturated rings. The normalized spacial score (nSPS) is 15.0. The number of hydrogen-bond donors (Lipinski definition) is 4. The third-order valence-corrected chi connectivity index (χ3v) is 2.74. The maximum atomic E-state index is 11.8. The zero-order valence-corrected chi connectivity index (χ0v) is 9.53. The number of nitrogens with zero attached hydrogens (tertiary/aromatic N) is 1. The van der Waals surface area contributed by atoms with E-state index >= 15 is 0 Å². The Balaban J connectivity index is 4.85. The van der Waals surface area contributed by atoms with Crippen molar-refractivity contribution in [1.82, 2.24) is 5.32 Å². The third-order valence-electron chi connectivity index (χ3n) is 2.74. The molecular formula is C10H18N2O4. The van der Waals surface area contributed by atoms with Crippen LogP contribution < -0.4 is 5.32 Å². The molecule has 16 heavy (non-hydrogen) atoms. The largest absolute Gasteiger partial charge is 0.394 e. The van der Waals surface area contributed by atoms with Gasteiger partial charge >= 0.3 is 0 Å². The topological polar surface area (TPSA) is 114 Å². The van der Waals surface area contributed by atoms with Gasteiger partial charge in [0.25, 0.3) is 0 Å². The van der Waals surface area contributed by atoms with Crippen LogP contribution in [-0.2, 0) is 4.79 Å². The predicted molar refractivity (Wildman–Crippen MR) is 56.1 cm³/mol. The fraction of sp³-hybridized carbons (Fsp3) is 0.800. The van der Waals surface area contributed by atoms with Crippen LogP contribution >= 0.6 is 0 Å². The first kappa shape index (κ1) is 14.8. The molecule has 0 heterocycles. The van der Waals surface area contributed by atoms with Gasteiger partial charge in [-0.25, -0.2) is 0 Å². The first-order valence-electron chi connectivity index (χ1n) is 5.00. The van der Waals surface area contributed by atoms with Crippen LogP contribution in [0.2, 0.25) is 0 Å². The van der Waals surface area contributed by atoms with Crippen molar-refractivity contribution in [3.63, 3.8) is 0 Å². The lowest BCUT2D eigenvalue weighted by atomic mass is 9.87. The summed E-state index contributed by atoms with van der Waals surface area (Å²) < 4.78 is 0. The molecule has 0 aromatic heterocycles. The third kappa shape index (κ3) is 2.92. The Bertz CT molecular complexity index is 275. The van der Waals surface area contributed by atoms with Gasteiger partial charge in [0.15, 0.2) is 0 Å². The van der Waals surface area contributed by atoms with E-state index in [1.807, 2.05) is 6.07 Å². The van der Waals surface area contributed by atoms with Gasteiger partial charge in [-0.05, 0) is 13.3 Å². The van der Waals surface area contributed by atoms with E-state index in [0.29, 0.717) is 6.42 Å². The van der Waals surface area contributed by atoms with E-state index in [-0.39, 0.29) is 0 Å². The lowest BCUT2D eigenvalue weighted by Crippen LogP contribution is -2.59. The Morgan fingerprint density at radius 3 is 2.00 bits per heavy atom. The molecule has 0 saturated carbocycles. The number of nitriles is 1. The Hall–Kier alpha value is -1.16. The van der Waals surface area contributed by atoms with Crippen LogP contribution in [0.5, 0.6) is 0 Å². The summed E-state index contributed by atoms with van der Waals surface area (Å²) >= 11 is 0. The number of carbonyl (C=O) groups is 1. The summed E-state index contributed by atoms with van der Waals surface area (Å²) in [6.07, 6.45) is 0.299. The highest BCUT2D eigenvalue weighted by Gasteiger charge is 2.38. The zero-order chi connectivity index (χ0) is 12.8. The molecule has 1 atom stereocenters. The van der Waals surface area contributed by atoms with Gasteiger partial charge < -0.3 is 20.6 Å². The molecule has 1 amide bonds.